The van der Waals surface area contributed by atoms with Crippen LogP contribution in [0.15, 0.2) is 82.9 Å². The van der Waals surface area contributed by atoms with Crippen molar-refractivity contribution in [2.75, 3.05) is 7.11 Å². The van der Waals surface area contributed by atoms with E-state index in [9.17, 15) is 14.4 Å². The van der Waals surface area contributed by atoms with Crippen molar-refractivity contribution in [1.29, 1.82) is 0 Å². The Morgan fingerprint density at radius 1 is 1.05 bits per heavy atom. The van der Waals surface area contributed by atoms with Gasteiger partial charge in [-0.25, -0.2) is 9.59 Å². The Labute approximate surface area is 217 Å². The van der Waals surface area contributed by atoms with Crippen LogP contribution < -0.4 is 10.1 Å². The molecule has 9 heteroatoms. The van der Waals surface area contributed by atoms with Gasteiger partial charge in [-0.3, -0.25) is 9.69 Å². The van der Waals surface area contributed by atoms with Crippen molar-refractivity contribution in [3.63, 3.8) is 0 Å². The van der Waals surface area contributed by atoms with Crippen LogP contribution in [0.3, 0.4) is 0 Å². The maximum atomic E-state index is 13.0. The van der Waals surface area contributed by atoms with Gasteiger partial charge in [0.15, 0.2) is 0 Å². The summed E-state index contributed by atoms with van der Waals surface area (Å²) in [6.45, 7) is 0.144. The van der Waals surface area contributed by atoms with Gasteiger partial charge >= 0.3 is 12.0 Å². The standard InChI is InChI=1S/C28H21ClN2O6/c1-35-27(33)25-12-10-21(37-25)15-31-26(32)23(30-28(31)34)14-19-13-20(29)9-11-24(19)36-16-18-7-4-6-17-5-2-3-8-22(17)18/h2-14H,15-16H2,1H3,(H,30,34)/b23-14-. The summed E-state index contributed by atoms with van der Waals surface area (Å²) < 4.78 is 16.1. The summed E-state index contributed by atoms with van der Waals surface area (Å²) in [5, 5.41) is 5.21. The maximum Gasteiger partial charge on any atom is 0.373 e. The lowest BCUT2D eigenvalue weighted by molar-refractivity contribution is -0.123. The molecule has 8 nitrogen and oxygen atoms in total. The number of carbonyl (C=O) groups is 3. The number of rotatable bonds is 7. The van der Waals surface area contributed by atoms with Crippen molar-refractivity contribution in [2.24, 2.45) is 0 Å². The van der Waals surface area contributed by atoms with Crippen LogP contribution in [-0.4, -0.2) is 29.9 Å². The molecule has 186 valence electrons. The molecular weight excluding hydrogens is 496 g/mol. The van der Waals surface area contributed by atoms with Gasteiger partial charge in [-0.15, -0.1) is 0 Å². The summed E-state index contributed by atoms with van der Waals surface area (Å²) in [6, 6.07) is 21.4. The van der Waals surface area contributed by atoms with E-state index in [1.807, 2.05) is 42.5 Å². The number of halogens is 1. The van der Waals surface area contributed by atoms with Crippen LogP contribution in [0.25, 0.3) is 16.8 Å². The number of furan rings is 1. The third-order valence-corrected chi connectivity index (χ3v) is 6.09. The molecule has 0 bridgehead atoms. The van der Waals surface area contributed by atoms with E-state index in [-0.39, 0.29) is 23.8 Å². The molecule has 0 spiro atoms. The van der Waals surface area contributed by atoms with E-state index in [0.29, 0.717) is 22.9 Å². The number of imide groups is 1. The Bertz CT molecular complexity index is 1550. The highest BCUT2D eigenvalue weighted by atomic mass is 35.5. The van der Waals surface area contributed by atoms with Crippen LogP contribution in [0.5, 0.6) is 5.75 Å². The minimum Gasteiger partial charge on any atom is -0.488 e. The molecule has 0 radical (unpaired) electrons. The van der Waals surface area contributed by atoms with Gasteiger partial charge in [-0.1, -0.05) is 54.1 Å². The molecule has 0 unspecified atom stereocenters. The fraction of sp³-hybridized carbons (Fsp3) is 0.107. The first kappa shape index (κ1) is 24.1. The number of nitrogens with zero attached hydrogens (tertiary/aromatic N) is 1. The van der Waals surface area contributed by atoms with E-state index >= 15 is 0 Å². The highest BCUT2D eigenvalue weighted by Gasteiger charge is 2.34. The molecule has 3 amide bonds. The second-order valence-corrected chi connectivity index (χ2v) is 8.68. The number of methoxy groups -OCH3 is 1. The monoisotopic (exact) mass is 516 g/mol. The molecule has 1 N–H and O–H groups in total. The number of nitrogens with one attached hydrogen (secondary N) is 1. The van der Waals surface area contributed by atoms with Crippen molar-refractivity contribution in [2.45, 2.75) is 13.2 Å². The first-order chi connectivity index (χ1) is 17.9. The molecule has 0 atom stereocenters. The van der Waals surface area contributed by atoms with E-state index in [0.717, 1.165) is 21.2 Å². The fourth-order valence-corrected chi connectivity index (χ4v) is 4.22. The van der Waals surface area contributed by atoms with Gasteiger partial charge in [0.05, 0.1) is 13.7 Å². The number of hydrogen-bond acceptors (Lipinski definition) is 6. The summed E-state index contributed by atoms with van der Waals surface area (Å²) >= 11 is 6.22. The third-order valence-electron chi connectivity index (χ3n) is 5.86. The number of amides is 3. The second-order valence-electron chi connectivity index (χ2n) is 8.25. The Morgan fingerprint density at radius 2 is 1.86 bits per heavy atom. The largest absolute Gasteiger partial charge is 0.488 e. The Balaban J connectivity index is 1.36. The Hall–Kier alpha value is -4.56. The zero-order valence-corrected chi connectivity index (χ0v) is 20.5. The topological polar surface area (TPSA) is 98.1 Å². The molecule has 1 saturated heterocycles. The fourth-order valence-electron chi connectivity index (χ4n) is 4.04. The van der Waals surface area contributed by atoms with E-state index < -0.39 is 17.9 Å². The highest BCUT2D eigenvalue weighted by molar-refractivity contribution is 6.30. The molecule has 1 aliphatic heterocycles. The molecule has 2 heterocycles. The van der Waals surface area contributed by atoms with E-state index in [2.05, 4.69) is 10.1 Å². The van der Waals surface area contributed by atoms with Crippen LogP contribution in [0.4, 0.5) is 4.79 Å². The molecule has 0 saturated carbocycles. The van der Waals surface area contributed by atoms with Crippen molar-refractivity contribution in [1.82, 2.24) is 10.2 Å². The summed E-state index contributed by atoms with van der Waals surface area (Å²) in [4.78, 5) is 38.1. The summed E-state index contributed by atoms with van der Waals surface area (Å²) in [6.07, 6.45) is 1.52. The average molecular weight is 517 g/mol. The van der Waals surface area contributed by atoms with Gasteiger partial charge in [0.1, 0.15) is 23.8 Å². The molecule has 0 aliphatic carbocycles. The van der Waals surface area contributed by atoms with E-state index in [4.69, 9.17) is 20.8 Å². The first-order valence-corrected chi connectivity index (χ1v) is 11.7. The number of ether oxygens (including phenoxy) is 2. The van der Waals surface area contributed by atoms with Crippen LogP contribution >= 0.6 is 11.6 Å². The first-order valence-electron chi connectivity index (χ1n) is 11.3. The molecule has 1 fully saturated rings. The van der Waals surface area contributed by atoms with Crippen LogP contribution in [0.1, 0.15) is 27.4 Å². The van der Waals surface area contributed by atoms with Gasteiger partial charge in [0.2, 0.25) is 5.76 Å². The molecule has 37 heavy (non-hydrogen) atoms. The lowest BCUT2D eigenvalue weighted by atomic mass is 10.1. The predicted octanol–water partition coefficient (Wildman–Crippen LogP) is 5.54. The van der Waals surface area contributed by atoms with Crippen LogP contribution in [0, 0.1) is 0 Å². The van der Waals surface area contributed by atoms with Crippen molar-refractivity contribution in [3.05, 3.63) is 106 Å². The van der Waals surface area contributed by atoms with Crippen LogP contribution in [-0.2, 0) is 22.7 Å². The molecular formula is C28H21ClN2O6. The van der Waals surface area contributed by atoms with E-state index in [1.165, 1.54) is 25.3 Å². The normalized spacial score (nSPS) is 14.3. The van der Waals surface area contributed by atoms with Gasteiger partial charge in [-0.2, -0.15) is 0 Å². The SMILES string of the molecule is COC(=O)c1ccc(CN2C(=O)N/C(=C\c3cc(Cl)ccc3OCc3cccc4ccccc34)C2=O)o1. The number of urea groups is 1. The lowest BCUT2D eigenvalue weighted by Gasteiger charge is -2.12. The zero-order valence-electron chi connectivity index (χ0n) is 19.7. The predicted molar refractivity (Wildman–Crippen MR) is 137 cm³/mol. The molecule has 5 rings (SSSR count). The molecule has 3 aromatic carbocycles. The van der Waals surface area contributed by atoms with Gasteiger partial charge in [0.25, 0.3) is 5.91 Å². The summed E-state index contributed by atoms with van der Waals surface area (Å²) in [5.74, 6) is -0.472. The lowest BCUT2D eigenvalue weighted by Crippen LogP contribution is -2.30. The minimum absolute atomic E-state index is 0.0211. The average Bonchev–Trinajstić information content (AvgIpc) is 3.48. The number of benzene rings is 3. The Kier molecular flexibility index (Phi) is 6.66. The smallest absolute Gasteiger partial charge is 0.373 e. The molecule has 1 aliphatic rings. The zero-order chi connectivity index (χ0) is 25.9. The third kappa shape index (κ3) is 5.05. The van der Waals surface area contributed by atoms with Crippen molar-refractivity contribution < 1.29 is 28.3 Å². The highest BCUT2D eigenvalue weighted by Crippen LogP contribution is 2.28. The van der Waals surface area contributed by atoms with Gasteiger partial charge in [0, 0.05) is 10.6 Å². The summed E-state index contributed by atoms with van der Waals surface area (Å²) in [7, 11) is 1.23. The number of carbonyl (C=O) groups excluding carboxylic acids is 3. The van der Waals surface area contributed by atoms with Crippen LogP contribution in [0.2, 0.25) is 5.02 Å². The molecule has 1 aromatic heterocycles. The summed E-state index contributed by atoms with van der Waals surface area (Å²) in [5.41, 5.74) is 1.60. The van der Waals surface area contributed by atoms with Gasteiger partial charge < -0.3 is 19.2 Å². The van der Waals surface area contributed by atoms with Crippen molar-refractivity contribution in [3.8, 4) is 5.75 Å². The van der Waals surface area contributed by atoms with Crippen molar-refractivity contribution >= 4 is 46.4 Å². The Morgan fingerprint density at radius 3 is 2.70 bits per heavy atom. The quantitative estimate of drug-likeness (QED) is 0.197. The maximum absolute atomic E-state index is 13.0. The second kappa shape index (κ2) is 10.2. The number of hydrogen-bond donors (Lipinski definition) is 1. The molecule has 4 aromatic rings. The number of esters is 1. The van der Waals surface area contributed by atoms with Gasteiger partial charge in [-0.05, 0) is 52.7 Å². The minimum atomic E-state index is -0.652. The number of fused-ring (bicyclic) bond motifs is 1. The van der Waals surface area contributed by atoms with E-state index in [1.54, 1.807) is 18.2 Å².